The van der Waals surface area contributed by atoms with Gasteiger partial charge in [0.15, 0.2) is 11.5 Å². The summed E-state index contributed by atoms with van der Waals surface area (Å²) in [4.78, 5) is 0. The summed E-state index contributed by atoms with van der Waals surface area (Å²) in [6.45, 7) is 0. The third kappa shape index (κ3) is 4.13. The Balaban J connectivity index is 1.98. The highest BCUT2D eigenvalue weighted by Gasteiger charge is 2.19. The smallest absolute Gasteiger partial charge is 0.165 e. The largest absolute Gasteiger partial charge is 0.493 e. The van der Waals surface area contributed by atoms with Crippen LogP contribution in [0.4, 0.5) is 5.69 Å². The van der Waals surface area contributed by atoms with Gasteiger partial charge in [0.25, 0.3) is 0 Å². The Labute approximate surface area is 149 Å². The molecule has 0 saturated heterocycles. The monoisotopic (exact) mass is 333 g/mol. The number of anilines is 1. The van der Waals surface area contributed by atoms with Gasteiger partial charge in [0.1, 0.15) is 0 Å². The molecule has 0 fully saturated rings. The molecule has 0 saturated carbocycles. The summed E-state index contributed by atoms with van der Waals surface area (Å²) < 4.78 is 11.1. The molecule has 0 spiro atoms. The summed E-state index contributed by atoms with van der Waals surface area (Å²) in [6.07, 6.45) is 0.846. The number of nitrogens with one attached hydrogen (secondary N) is 1. The van der Waals surface area contributed by atoms with Crippen LogP contribution in [0.3, 0.4) is 0 Å². The number of rotatable bonds is 7. The molecule has 1 atom stereocenters. The van der Waals surface area contributed by atoms with Crippen molar-refractivity contribution in [2.24, 2.45) is 0 Å². The molecule has 0 radical (unpaired) electrons. The molecule has 3 nitrogen and oxygen atoms in total. The van der Waals surface area contributed by atoms with E-state index in [1.165, 1.54) is 5.56 Å². The zero-order valence-electron chi connectivity index (χ0n) is 14.6. The van der Waals surface area contributed by atoms with Gasteiger partial charge >= 0.3 is 0 Å². The average Bonchev–Trinajstić information content (AvgIpc) is 2.68. The SMILES string of the molecule is COc1cccc([C@H](Cc2ccccc2)Nc2ccccc2)c1OC. The van der Waals surface area contributed by atoms with E-state index in [4.69, 9.17) is 9.47 Å². The minimum atomic E-state index is 0.0647. The summed E-state index contributed by atoms with van der Waals surface area (Å²) >= 11 is 0. The fourth-order valence-corrected chi connectivity index (χ4v) is 3.01. The maximum atomic E-state index is 5.66. The van der Waals surface area contributed by atoms with E-state index in [1.54, 1.807) is 14.2 Å². The predicted molar refractivity (Wildman–Crippen MR) is 102 cm³/mol. The number of benzene rings is 3. The van der Waals surface area contributed by atoms with Crippen molar-refractivity contribution in [1.82, 2.24) is 0 Å². The van der Waals surface area contributed by atoms with Crippen molar-refractivity contribution in [2.45, 2.75) is 12.5 Å². The topological polar surface area (TPSA) is 30.5 Å². The Morgan fingerprint density at radius 3 is 2.08 bits per heavy atom. The number of hydrogen-bond donors (Lipinski definition) is 1. The van der Waals surface area contributed by atoms with Gasteiger partial charge in [0, 0.05) is 11.3 Å². The minimum Gasteiger partial charge on any atom is -0.493 e. The van der Waals surface area contributed by atoms with E-state index in [0.717, 1.165) is 29.2 Å². The molecule has 3 aromatic rings. The van der Waals surface area contributed by atoms with Gasteiger partial charge in [-0.3, -0.25) is 0 Å². The van der Waals surface area contributed by atoms with Crippen LogP contribution in [0.5, 0.6) is 11.5 Å². The van der Waals surface area contributed by atoms with Gasteiger partial charge in [0.2, 0.25) is 0 Å². The highest BCUT2D eigenvalue weighted by atomic mass is 16.5. The maximum absolute atomic E-state index is 5.66. The van der Waals surface area contributed by atoms with Crippen molar-refractivity contribution < 1.29 is 9.47 Å². The van der Waals surface area contributed by atoms with Crippen LogP contribution in [0.25, 0.3) is 0 Å². The van der Waals surface area contributed by atoms with E-state index < -0.39 is 0 Å². The number of ether oxygens (including phenoxy) is 2. The van der Waals surface area contributed by atoms with Crippen LogP contribution in [0, 0.1) is 0 Å². The Hall–Kier alpha value is -2.94. The molecular formula is C22H23NO2. The third-order valence-electron chi connectivity index (χ3n) is 4.21. The van der Waals surface area contributed by atoms with E-state index >= 15 is 0 Å². The number of hydrogen-bond acceptors (Lipinski definition) is 3. The maximum Gasteiger partial charge on any atom is 0.165 e. The van der Waals surface area contributed by atoms with Gasteiger partial charge in [0.05, 0.1) is 20.3 Å². The highest BCUT2D eigenvalue weighted by Crippen LogP contribution is 2.37. The quantitative estimate of drug-likeness (QED) is 0.652. The fourth-order valence-electron chi connectivity index (χ4n) is 3.01. The lowest BCUT2D eigenvalue weighted by atomic mass is 9.97. The molecule has 1 N–H and O–H groups in total. The van der Waals surface area contributed by atoms with Crippen molar-refractivity contribution in [2.75, 3.05) is 19.5 Å². The molecule has 3 heteroatoms. The summed E-state index contributed by atoms with van der Waals surface area (Å²) in [7, 11) is 3.35. The molecule has 0 aromatic heterocycles. The van der Waals surface area contributed by atoms with Crippen molar-refractivity contribution in [3.05, 3.63) is 90.0 Å². The molecule has 0 aliphatic rings. The third-order valence-corrected chi connectivity index (χ3v) is 4.21. The Kier molecular flexibility index (Phi) is 5.57. The zero-order chi connectivity index (χ0) is 17.5. The molecule has 128 valence electrons. The highest BCUT2D eigenvalue weighted by molar-refractivity contribution is 5.53. The average molecular weight is 333 g/mol. The number of methoxy groups -OCH3 is 2. The lowest BCUT2D eigenvalue weighted by Crippen LogP contribution is -2.15. The van der Waals surface area contributed by atoms with Gasteiger partial charge < -0.3 is 14.8 Å². The molecule has 3 aromatic carbocycles. The van der Waals surface area contributed by atoms with Crippen LogP contribution in [0.2, 0.25) is 0 Å². The Bertz CT molecular complexity index is 746. The lowest BCUT2D eigenvalue weighted by molar-refractivity contribution is 0.350. The first-order valence-corrected chi connectivity index (χ1v) is 8.38. The molecule has 25 heavy (non-hydrogen) atoms. The summed E-state index contributed by atoms with van der Waals surface area (Å²) in [5, 5.41) is 3.63. The van der Waals surface area contributed by atoms with E-state index in [-0.39, 0.29) is 6.04 Å². The van der Waals surface area contributed by atoms with E-state index in [2.05, 4.69) is 47.8 Å². The van der Waals surface area contributed by atoms with Gasteiger partial charge in [-0.1, -0.05) is 60.7 Å². The van der Waals surface area contributed by atoms with Crippen LogP contribution >= 0.6 is 0 Å². The standard InChI is InChI=1S/C22H23NO2/c1-24-21-15-9-14-19(22(21)25-2)20(16-17-10-5-3-6-11-17)23-18-12-7-4-8-13-18/h3-15,20,23H,16H2,1-2H3/t20-/m0/s1. The predicted octanol–water partition coefficient (Wildman–Crippen LogP) is 5.10. The summed E-state index contributed by atoms with van der Waals surface area (Å²) in [6, 6.07) is 26.8. The number of para-hydroxylation sites is 2. The van der Waals surface area contributed by atoms with Gasteiger partial charge in [-0.2, -0.15) is 0 Å². The van der Waals surface area contributed by atoms with Gasteiger partial charge in [-0.05, 0) is 30.2 Å². The zero-order valence-corrected chi connectivity index (χ0v) is 14.6. The molecule has 3 rings (SSSR count). The molecule has 0 aliphatic carbocycles. The first-order valence-electron chi connectivity index (χ1n) is 8.38. The van der Waals surface area contributed by atoms with Crippen LogP contribution in [0.15, 0.2) is 78.9 Å². The Morgan fingerprint density at radius 1 is 0.760 bits per heavy atom. The second kappa shape index (κ2) is 8.25. The Morgan fingerprint density at radius 2 is 1.44 bits per heavy atom. The van der Waals surface area contributed by atoms with Crippen LogP contribution < -0.4 is 14.8 Å². The van der Waals surface area contributed by atoms with Crippen molar-refractivity contribution in [3.63, 3.8) is 0 Å². The van der Waals surface area contributed by atoms with Gasteiger partial charge in [-0.15, -0.1) is 0 Å². The molecule has 0 unspecified atom stereocenters. The van der Waals surface area contributed by atoms with E-state index in [0.29, 0.717) is 0 Å². The molecule has 0 heterocycles. The van der Waals surface area contributed by atoms with Crippen LogP contribution in [-0.4, -0.2) is 14.2 Å². The summed E-state index contributed by atoms with van der Waals surface area (Å²) in [5.41, 5.74) is 3.42. The van der Waals surface area contributed by atoms with Crippen molar-refractivity contribution in [3.8, 4) is 11.5 Å². The normalized spacial score (nSPS) is 11.6. The van der Waals surface area contributed by atoms with Crippen LogP contribution in [0.1, 0.15) is 17.2 Å². The second-order valence-electron chi connectivity index (χ2n) is 5.84. The molecule has 0 amide bonds. The van der Waals surface area contributed by atoms with E-state index in [9.17, 15) is 0 Å². The molecule has 0 bridgehead atoms. The van der Waals surface area contributed by atoms with Crippen molar-refractivity contribution in [1.29, 1.82) is 0 Å². The van der Waals surface area contributed by atoms with Crippen LogP contribution in [-0.2, 0) is 6.42 Å². The van der Waals surface area contributed by atoms with Gasteiger partial charge in [-0.25, -0.2) is 0 Å². The van der Waals surface area contributed by atoms with E-state index in [1.807, 2.05) is 36.4 Å². The lowest BCUT2D eigenvalue weighted by Gasteiger charge is -2.23. The fraction of sp³-hybridized carbons (Fsp3) is 0.182. The van der Waals surface area contributed by atoms with Crippen molar-refractivity contribution >= 4 is 5.69 Å². The summed E-state index contributed by atoms with van der Waals surface area (Å²) in [5.74, 6) is 1.52. The molecule has 0 aliphatic heterocycles. The first kappa shape index (κ1) is 16.9. The second-order valence-corrected chi connectivity index (χ2v) is 5.84. The molecular weight excluding hydrogens is 310 g/mol. The first-order chi connectivity index (χ1) is 12.3. The minimum absolute atomic E-state index is 0.0647.